The van der Waals surface area contributed by atoms with Gasteiger partial charge in [-0.05, 0) is 18.1 Å². The molecule has 6 heteroatoms. The van der Waals surface area contributed by atoms with Crippen LogP contribution in [-0.2, 0) is 6.42 Å². The maximum atomic E-state index is 12.1. The number of hydrogen-bond donors (Lipinski definition) is 0. The minimum Gasteiger partial charge on any atom is -0.405 e. The van der Waals surface area contributed by atoms with Gasteiger partial charge in [-0.1, -0.05) is 19.1 Å². The summed E-state index contributed by atoms with van der Waals surface area (Å²) >= 11 is 5.33. The molecule has 0 spiro atoms. The zero-order chi connectivity index (χ0) is 13.1. The molecular weight excluding hydrogens is 257 g/mol. The van der Waals surface area contributed by atoms with E-state index in [4.69, 9.17) is 11.6 Å². The normalized spacial score (nSPS) is 11.4. The monoisotopic (exact) mass is 266 g/mol. The van der Waals surface area contributed by atoms with Crippen LogP contribution in [0.4, 0.5) is 13.2 Å². The predicted octanol–water partition coefficient (Wildman–Crippen LogP) is 3.57. The van der Waals surface area contributed by atoms with Gasteiger partial charge < -0.3 is 4.74 Å². The van der Waals surface area contributed by atoms with Crippen molar-refractivity contribution in [3.05, 3.63) is 29.3 Å². The van der Waals surface area contributed by atoms with Crippen molar-refractivity contribution in [1.82, 2.24) is 0 Å². The highest BCUT2D eigenvalue weighted by atomic mass is 35.5. The van der Waals surface area contributed by atoms with Crippen LogP contribution < -0.4 is 4.74 Å². The van der Waals surface area contributed by atoms with Gasteiger partial charge in [0.1, 0.15) is 5.75 Å². The first kappa shape index (κ1) is 13.8. The molecule has 0 aliphatic carbocycles. The summed E-state index contributed by atoms with van der Waals surface area (Å²) in [7, 11) is 0. The number of rotatable bonds is 4. The van der Waals surface area contributed by atoms with Crippen molar-refractivity contribution >= 4 is 17.4 Å². The van der Waals surface area contributed by atoms with E-state index in [1.54, 1.807) is 6.92 Å². The fraction of sp³-hybridized carbons (Fsp3) is 0.364. The number of benzene rings is 1. The van der Waals surface area contributed by atoms with E-state index >= 15 is 0 Å². The summed E-state index contributed by atoms with van der Waals surface area (Å²) in [6.07, 6.45) is -4.40. The third kappa shape index (κ3) is 3.93. The van der Waals surface area contributed by atoms with Crippen LogP contribution in [0.2, 0.25) is 0 Å². The van der Waals surface area contributed by atoms with E-state index in [0.29, 0.717) is 12.0 Å². The predicted molar refractivity (Wildman–Crippen MR) is 57.6 cm³/mol. The third-order valence-electron chi connectivity index (χ3n) is 2.12. The molecule has 0 fully saturated rings. The Morgan fingerprint density at radius 3 is 2.53 bits per heavy atom. The molecule has 0 unspecified atom stereocenters. The van der Waals surface area contributed by atoms with Crippen molar-refractivity contribution in [2.45, 2.75) is 19.7 Å². The zero-order valence-corrected chi connectivity index (χ0v) is 9.73. The molecule has 0 heterocycles. The second-order valence-electron chi connectivity index (χ2n) is 3.28. The van der Waals surface area contributed by atoms with Gasteiger partial charge in [-0.25, -0.2) is 0 Å². The van der Waals surface area contributed by atoms with Crippen molar-refractivity contribution in [3.8, 4) is 5.75 Å². The molecule has 94 valence electrons. The van der Waals surface area contributed by atoms with Gasteiger partial charge in [0, 0.05) is 5.56 Å². The Bertz CT molecular complexity index is 416. The fourth-order valence-corrected chi connectivity index (χ4v) is 1.47. The molecule has 1 rings (SSSR count). The molecule has 0 saturated carbocycles. The molecule has 0 amide bonds. The van der Waals surface area contributed by atoms with Gasteiger partial charge in [-0.15, -0.1) is 24.8 Å². The summed E-state index contributed by atoms with van der Waals surface area (Å²) in [4.78, 5) is 11.3. The Morgan fingerprint density at radius 1 is 1.41 bits per heavy atom. The number of halogens is 4. The molecule has 0 saturated heterocycles. The van der Waals surface area contributed by atoms with Gasteiger partial charge in [-0.3, -0.25) is 4.79 Å². The molecule has 0 atom stereocenters. The average Bonchev–Trinajstić information content (AvgIpc) is 2.25. The Morgan fingerprint density at radius 2 is 2.06 bits per heavy atom. The third-order valence-corrected chi connectivity index (χ3v) is 2.36. The smallest absolute Gasteiger partial charge is 0.405 e. The Hall–Kier alpha value is -1.23. The van der Waals surface area contributed by atoms with E-state index in [-0.39, 0.29) is 17.2 Å². The average molecular weight is 267 g/mol. The highest BCUT2D eigenvalue weighted by Gasteiger charge is 2.32. The Labute approximate surface area is 101 Å². The highest BCUT2D eigenvalue weighted by Crippen LogP contribution is 2.28. The van der Waals surface area contributed by atoms with Crippen LogP contribution >= 0.6 is 11.6 Å². The van der Waals surface area contributed by atoms with E-state index in [1.807, 2.05) is 0 Å². The maximum Gasteiger partial charge on any atom is 0.573 e. The van der Waals surface area contributed by atoms with Gasteiger partial charge in [0.2, 0.25) is 0 Å². The van der Waals surface area contributed by atoms with E-state index < -0.39 is 12.1 Å². The molecule has 0 aliphatic rings. The summed E-state index contributed by atoms with van der Waals surface area (Å²) in [6.45, 7) is 1.70. The zero-order valence-electron chi connectivity index (χ0n) is 8.97. The Balaban J connectivity index is 3.11. The summed E-state index contributed by atoms with van der Waals surface area (Å²) in [5, 5.41) is 0. The minimum absolute atomic E-state index is 0.108. The van der Waals surface area contributed by atoms with Crippen LogP contribution in [0.25, 0.3) is 0 Å². The first-order valence-corrected chi connectivity index (χ1v) is 5.38. The van der Waals surface area contributed by atoms with Crippen LogP contribution in [0.5, 0.6) is 5.75 Å². The lowest BCUT2D eigenvalue weighted by Crippen LogP contribution is -2.18. The quantitative estimate of drug-likeness (QED) is 0.615. The van der Waals surface area contributed by atoms with E-state index in [1.165, 1.54) is 12.1 Å². The van der Waals surface area contributed by atoms with Gasteiger partial charge in [-0.2, -0.15) is 0 Å². The lowest BCUT2D eigenvalue weighted by molar-refractivity contribution is -0.274. The summed E-state index contributed by atoms with van der Waals surface area (Å²) in [5.74, 6) is -1.07. The van der Waals surface area contributed by atoms with E-state index in [9.17, 15) is 18.0 Å². The maximum absolute atomic E-state index is 12.1. The standard InChI is InChI=1S/C11H10ClF3O2/c1-2-7-3-4-8(9(16)6-12)5-10(7)17-11(13,14)15/h3-5H,2,6H2,1H3. The molecule has 0 N–H and O–H groups in total. The van der Waals surface area contributed by atoms with Crippen LogP contribution in [0, 0.1) is 0 Å². The molecule has 0 radical (unpaired) electrons. The van der Waals surface area contributed by atoms with E-state index in [0.717, 1.165) is 6.07 Å². The van der Waals surface area contributed by atoms with Crippen molar-refractivity contribution in [2.75, 3.05) is 5.88 Å². The lowest BCUT2D eigenvalue weighted by Gasteiger charge is -2.13. The van der Waals surface area contributed by atoms with Crippen LogP contribution in [0.15, 0.2) is 18.2 Å². The number of Topliss-reactive ketones (excluding diaryl/α,β-unsaturated/α-hetero) is 1. The van der Waals surface area contributed by atoms with Crippen molar-refractivity contribution in [2.24, 2.45) is 0 Å². The topological polar surface area (TPSA) is 26.3 Å². The van der Waals surface area contributed by atoms with Gasteiger partial charge in [0.05, 0.1) is 5.88 Å². The van der Waals surface area contributed by atoms with Crippen molar-refractivity contribution < 1.29 is 22.7 Å². The highest BCUT2D eigenvalue weighted by molar-refractivity contribution is 6.30. The molecule has 0 bridgehead atoms. The van der Waals surface area contributed by atoms with Crippen molar-refractivity contribution in [3.63, 3.8) is 0 Å². The van der Waals surface area contributed by atoms with Crippen LogP contribution in [-0.4, -0.2) is 18.0 Å². The second kappa shape index (κ2) is 5.40. The molecule has 0 aromatic heterocycles. The van der Waals surface area contributed by atoms with Crippen LogP contribution in [0.1, 0.15) is 22.8 Å². The first-order chi connectivity index (χ1) is 7.87. The number of hydrogen-bond acceptors (Lipinski definition) is 2. The fourth-order valence-electron chi connectivity index (χ4n) is 1.32. The lowest BCUT2D eigenvalue weighted by atomic mass is 10.1. The number of ketones is 1. The molecule has 0 aliphatic heterocycles. The van der Waals surface area contributed by atoms with Crippen LogP contribution in [0.3, 0.4) is 0 Å². The number of ether oxygens (including phenoxy) is 1. The summed E-state index contributed by atoms with van der Waals surface area (Å²) in [6, 6.07) is 3.94. The van der Waals surface area contributed by atoms with Gasteiger partial charge in [0.15, 0.2) is 5.78 Å². The molecule has 2 nitrogen and oxygen atoms in total. The molecule has 17 heavy (non-hydrogen) atoms. The molecule has 1 aromatic rings. The van der Waals surface area contributed by atoms with Crippen molar-refractivity contribution in [1.29, 1.82) is 0 Å². The molecule has 1 aromatic carbocycles. The number of carbonyl (C=O) groups is 1. The largest absolute Gasteiger partial charge is 0.573 e. The van der Waals surface area contributed by atoms with Gasteiger partial charge in [0.25, 0.3) is 0 Å². The Kier molecular flexibility index (Phi) is 4.40. The summed E-state index contributed by atoms with van der Waals surface area (Å²) in [5.41, 5.74) is 0.491. The summed E-state index contributed by atoms with van der Waals surface area (Å²) < 4.78 is 40.3. The first-order valence-electron chi connectivity index (χ1n) is 4.85. The minimum atomic E-state index is -4.77. The number of aryl methyl sites for hydroxylation is 1. The SMILES string of the molecule is CCc1ccc(C(=O)CCl)cc1OC(F)(F)F. The van der Waals surface area contributed by atoms with E-state index in [2.05, 4.69) is 4.74 Å². The number of carbonyl (C=O) groups excluding carboxylic acids is 1. The number of alkyl halides is 4. The van der Waals surface area contributed by atoms with Gasteiger partial charge >= 0.3 is 6.36 Å². The second-order valence-corrected chi connectivity index (χ2v) is 3.55. The molecular formula is C11H10ClF3O2.